The lowest BCUT2D eigenvalue weighted by molar-refractivity contribution is -0.119. The molecular weight excluding hydrogens is 231 g/mol. The van der Waals surface area contributed by atoms with E-state index in [1.165, 1.54) is 6.92 Å². The lowest BCUT2D eigenvalue weighted by Crippen LogP contribution is -2.34. The summed E-state index contributed by atoms with van der Waals surface area (Å²) in [6.07, 6.45) is 0.719. The Balaban J connectivity index is 2.86. The fourth-order valence-electron chi connectivity index (χ4n) is 1.57. The monoisotopic (exact) mass is 245 g/mol. The second kappa shape index (κ2) is 5.70. The minimum Gasteiger partial charge on any atom is -0.353 e. The van der Waals surface area contributed by atoms with Crippen molar-refractivity contribution >= 4 is 5.91 Å². The van der Waals surface area contributed by atoms with Crippen molar-refractivity contribution in [3.63, 3.8) is 0 Å². The van der Waals surface area contributed by atoms with E-state index < -0.39 is 17.5 Å². The fraction of sp³-hybridized carbons (Fsp3) is 0.417. The zero-order chi connectivity index (χ0) is 13.0. The van der Waals surface area contributed by atoms with Gasteiger partial charge in [0.05, 0.1) is 0 Å². The highest BCUT2D eigenvalue weighted by Crippen LogP contribution is 2.16. The molecule has 1 N–H and O–H groups in total. The summed E-state index contributed by atoms with van der Waals surface area (Å²) < 4.78 is 39.0. The van der Waals surface area contributed by atoms with Gasteiger partial charge in [-0.2, -0.15) is 0 Å². The molecule has 0 aliphatic carbocycles. The summed E-state index contributed by atoms with van der Waals surface area (Å²) in [4.78, 5) is 10.9. The van der Waals surface area contributed by atoms with Crippen molar-refractivity contribution in [3.05, 3.63) is 35.1 Å². The summed E-state index contributed by atoms with van der Waals surface area (Å²) in [6.45, 7) is 3.17. The lowest BCUT2D eigenvalue weighted by atomic mass is 10.0. The molecule has 1 unspecified atom stereocenters. The molecule has 1 rings (SSSR count). The quantitative estimate of drug-likeness (QED) is 0.811. The van der Waals surface area contributed by atoms with Crippen molar-refractivity contribution in [3.8, 4) is 0 Å². The largest absolute Gasteiger partial charge is 0.353 e. The summed E-state index contributed by atoms with van der Waals surface area (Å²) >= 11 is 0. The Kier molecular flexibility index (Phi) is 4.54. The van der Waals surface area contributed by atoms with E-state index in [-0.39, 0.29) is 23.9 Å². The molecule has 0 radical (unpaired) electrons. The highest BCUT2D eigenvalue weighted by Gasteiger charge is 2.14. The molecule has 0 saturated carbocycles. The van der Waals surface area contributed by atoms with Gasteiger partial charge >= 0.3 is 0 Å². The third-order valence-electron chi connectivity index (χ3n) is 2.46. The molecule has 1 atom stereocenters. The van der Waals surface area contributed by atoms with E-state index in [0.717, 1.165) is 6.07 Å². The molecule has 0 aliphatic rings. The van der Waals surface area contributed by atoms with Crippen LogP contribution in [0.25, 0.3) is 0 Å². The van der Waals surface area contributed by atoms with Crippen LogP contribution in [0, 0.1) is 17.5 Å². The van der Waals surface area contributed by atoms with Crippen LogP contribution < -0.4 is 5.32 Å². The Hall–Kier alpha value is -1.52. The van der Waals surface area contributed by atoms with E-state index in [4.69, 9.17) is 0 Å². The number of nitrogens with one attached hydrogen (secondary N) is 1. The molecule has 94 valence electrons. The molecule has 0 spiro atoms. The molecule has 0 aliphatic heterocycles. The predicted octanol–water partition coefficient (Wildman–Crippen LogP) is 2.56. The number of hydrogen-bond acceptors (Lipinski definition) is 1. The molecule has 17 heavy (non-hydrogen) atoms. The maximum absolute atomic E-state index is 13.3. The van der Waals surface area contributed by atoms with E-state index in [0.29, 0.717) is 12.5 Å². The smallest absolute Gasteiger partial charge is 0.217 e. The standard InChI is InChI=1S/C12H14F3NO/c1-3-9(16-7(2)17)4-8-5-11(14)12(15)6-10(8)13/h5-6,9H,3-4H2,1-2H3,(H,16,17). The summed E-state index contributed by atoms with van der Waals surface area (Å²) in [6, 6.07) is 1.06. The van der Waals surface area contributed by atoms with Crippen molar-refractivity contribution in [2.75, 3.05) is 0 Å². The first-order chi connectivity index (χ1) is 7.93. The van der Waals surface area contributed by atoms with E-state index in [1.54, 1.807) is 0 Å². The third-order valence-corrected chi connectivity index (χ3v) is 2.46. The highest BCUT2D eigenvalue weighted by atomic mass is 19.2. The van der Waals surface area contributed by atoms with E-state index in [2.05, 4.69) is 5.32 Å². The van der Waals surface area contributed by atoms with Crippen molar-refractivity contribution in [1.82, 2.24) is 5.32 Å². The third kappa shape index (κ3) is 3.76. The van der Waals surface area contributed by atoms with Gasteiger partial charge in [0.2, 0.25) is 5.91 Å². The predicted molar refractivity (Wildman–Crippen MR) is 57.9 cm³/mol. The highest BCUT2D eigenvalue weighted by molar-refractivity contribution is 5.73. The van der Waals surface area contributed by atoms with Gasteiger partial charge in [0.1, 0.15) is 5.82 Å². The van der Waals surface area contributed by atoms with Crippen molar-refractivity contribution < 1.29 is 18.0 Å². The molecule has 0 fully saturated rings. The molecule has 1 aromatic carbocycles. The number of rotatable bonds is 4. The van der Waals surface area contributed by atoms with Crippen LogP contribution in [-0.2, 0) is 11.2 Å². The Labute approximate surface area is 97.8 Å². The zero-order valence-electron chi connectivity index (χ0n) is 9.69. The summed E-state index contributed by atoms with van der Waals surface area (Å²) in [5.74, 6) is -3.33. The van der Waals surface area contributed by atoms with Gasteiger partial charge in [-0.15, -0.1) is 0 Å². The molecule has 2 nitrogen and oxygen atoms in total. The SMILES string of the molecule is CCC(Cc1cc(F)c(F)cc1F)NC(C)=O. The Morgan fingerprint density at radius 1 is 1.24 bits per heavy atom. The molecule has 1 aromatic rings. The fourth-order valence-corrected chi connectivity index (χ4v) is 1.57. The Bertz CT molecular complexity index is 420. The first-order valence-corrected chi connectivity index (χ1v) is 5.34. The van der Waals surface area contributed by atoms with Crippen LogP contribution in [0.1, 0.15) is 25.8 Å². The van der Waals surface area contributed by atoms with Crippen LogP contribution in [0.5, 0.6) is 0 Å². The van der Waals surface area contributed by atoms with E-state index in [1.807, 2.05) is 6.92 Å². The van der Waals surface area contributed by atoms with Crippen molar-refractivity contribution in [2.45, 2.75) is 32.7 Å². The number of carbonyl (C=O) groups is 1. The lowest BCUT2D eigenvalue weighted by Gasteiger charge is -2.16. The second-order valence-electron chi connectivity index (χ2n) is 3.87. The van der Waals surface area contributed by atoms with Gasteiger partial charge in [-0.05, 0) is 24.5 Å². The normalized spacial score (nSPS) is 12.3. The Morgan fingerprint density at radius 3 is 2.35 bits per heavy atom. The van der Waals surface area contributed by atoms with Crippen LogP contribution in [0.4, 0.5) is 13.2 Å². The average Bonchev–Trinajstić information content (AvgIpc) is 2.24. The van der Waals surface area contributed by atoms with Gasteiger partial charge in [0.25, 0.3) is 0 Å². The van der Waals surface area contributed by atoms with Crippen LogP contribution in [0.15, 0.2) is 12.1 Å². The summed E-state index contributed by atoms with van der Waals surface area (Å²) in [7, 11) is 0. The van der Waals surface area contributed by atoms with Gasteiger partial charge in [0, 0.05) is 19.0 Å². The van der Waals surface area contributed by atoms with Crippen LogP contribution in [0.3, 0.4) is 0 Å². The average molecular weight is 245 g/mol. The van der Waals surface area contributed by atoms with Crippen LogP contribution in [0.2, 0.25) is 0 Å². The molecule has 0 saturated heterocycles. The topological polar surface area (TPSA) is 29.1 Å². The van der Waals surface area contributed by atoms with Crippen molar-refractivity contribution in [1.29, 1.82) is 0 Å². The minimum atomic E-state index is -1.21. The Morgan fingerprint density at radius 2 is 1.82 bits per heavy atom. The summed E-state index contributed by atoms with van der Waals surface area (Å²) in [5, 5.41) is 2.62. The summed E-state index contributed by atoms with van der Waals surface area (Å²) in [5.41, 5.74) is 0.0597. The van der Waals surface area contributed by atoms with Gasteiger partial charge in [0.15, 0.2) is 11.6 Å². The molecule has 0 bridgehead atoms. The number of carbonyl (C=O) groups excluding carboxylic acids is 1. The van der Waals surface area contributed by atoms with Gasteiger partial charge in [-0.1, -0.05) is 6.92 Å². The number of benzene rings is 1. The number of amides is 1. The molecule has 1 amide bonds. The van der Waals surface area contributed by atoms with Gasteiger partial charge in [-0.25, -0.2) is 13.2 Å². The second-order valence-corrected chi connectivity index (χ2v) is 3.87. The van der Waals surface area contributed by atoms with Gasteiger partial charge in [-0.3, -0.25) is 4.79 Å². The molecular formula is C12H14F3NO. The number of halogens is 3. The first-order valence-electron chi connectivity index (χ1n) is 5.34. The van der Waals surface area contributed by atoms with Crippen molar-refractivity contribution in [2.24, 2.45) is 0 Å². The zero-order valence-corrected chi connectivity index (χ0v) is 9.69. The van der Waals surface area contributed by atoms with Crippen LogP contribution in [-0.4, -0.2) is 11.9 Å². The maximum atomic E-state index is 13.3. The first kappa shape index (κ1) is 13.5. The molecule has 0 heterocycles. The maximum Gasteiger partial charge on any atom is 0.217 e. The molecule has 0 aromatic heterocycles. The van der Waals surface area contributed by atoms with Crippen LogP contribution >= 0.6 is 0 Å². The van der Waals surface area contributed by atoms with Gasteiger partial charge < -0.3 is 5.32 Å². The van der Waals surface area contributed by atoms with E-state index >= 15 is 0 Å². The minimum absolute atomic E-state index is 0.0597. The molecule has 5 heteroatoms. The van der Waals surface area contributed by atoms with E-state index in [9.17, 15) is 18.0 Å². The number of hydrogen-bond donors (Lipinski definition) is 1.